The quantitative estimate of drug-likeness (QED) is 0.666. The molecule has 5 nitrogen and oxygen atoms in total. The minimum Gasteiger partial charge on any atom is -0.383 e. The molecule has 0 aliphatic carbocycles. The first-order chi connectivity index (χ1) is 13.1. The van der Waals surface area contributed by atoms with Crippen LogP contribution in [0.25, 0.3) is 0 Å². The first-order valence-corrected chi connectivity index (χ1v) is 10.2. The van der Waals surface area contributed by atoms with Gasteiger partial charge in [-0.2, -0.15) is 0 Å². The lowest BCUT2D eigenvalue weighted by atomic mass is 9.74. The summed E-state index contributed by atoms with van der Waals surface area (Å²) in [5, 5.41) is 11.2. The largest absolute Gasteiger partial charge is 0.383 e. The van der Waals surface area contributed by atoms with E-state index in [4.69, 9.17) is 5.73 Å². The van der Waals surface area contributed by atoms with Crippen LogP contribution in [-0.2, 0) is 15.2 Å². The van der Waals surface area contributed by atoms with Gasteiger partial charge in [0.15, 0.2) is 0 Å². The van der Waals surface area contributed by atoms with E-state index in [2.05, 4.69) is 13.8 Å². The first kappa shape index (κ1) is 22.3. The molecule has 0 unspecified atom stereocenters. The van der Waals surface area contributed by atoms with Gasteiger partial charge in [-0.05, 0) is 55.7 Å². The number of carbonyl (C=O) groups excluding carboxylic acids is 2. The summed E-state index contributed by atoms with van der Waals surface area (Å²) in [5.41, 5.74) is 3.84. The van der Waals surface area contributed by atoms with Crippen molar-refractivity contribution >= 4 is 11.8 Å². The molecule has 2 amide bonds. The van der Waals surface area contributed by atoms with Gasteiger partial charge in [-0.15, -0.1) is 0 Å². The summed E-state index contributed by atoms with van der Waals surface area (Å²) in [6.45, 7) is 6.60. The highest BCUT2D eigenvalue weighted by Crippen LogP contribution is 2.38. The average molecular weight is 393 g/mol. The molecule has 0 bridgehead atoms. The lowest BCUT2D eigenvalue weighted by molar-refractivity contribution is -0.156. The van der Waals surface area contributed by atoms with Gasteiger partial charge in [0.2, 0.25) is 11.8 Å². The fourth-order valence-electron chi connectivity index (χ4n) is 4.16. The highest BCUT2D eigenvalue weighted by molar-refractivity contribution is 6.04. The van der Waals surface area contributed by atoms with Crippen molar-refractivity contribution in [2.24, 2.45) is 17.1 Å². The number of nitrogens with two attached hydrogens (primary N) is 1. The minimum atomic E-state index is -1.25. The number of rotatable bonds is 8. The molecule has 3 N–H and O–H groups in total. The monoisotopic (exact) mass is 392 g/mol. The van der Waals surface area contributed by atoms with Crippen LogP contribution >= 0.6 is 0 Å². The van der Waals surface area contributed by atoms with Crippen molar-refractivity contribution in [3.8, 4) is 0 Å². The number of amides is 2. The normalized spacial score (nSPS) is 22.1. The third-order valence-electron chi connectivity index (χ3n) is 5.85. The van der Waals surface area contributed by atoms with E-state index in [9.17, 15) is 19.1 Å². The first-order valence-electron chi connectivity index (χ1n) is 10.2. The van der Waals surface area contributed by atoms with Crippen LogP contribution in [0.1, 0.15) is 64.9 Å². The number of hydrogen-bond donors (Lipinski definition) is 2. The summed E-state index contributed by atoms with van der Waals surface area (Å²) in [7, 11) is 0. The van der Waals surface area contributed by atoms with Crippen LogP contribution in [0.4, 0.5) is 4.39 Å². The summed E-state index contributed by atoms with van der Waals surface area (Å²) in [6.07, 6.45) is 3.29. The number of β-amino-alcohol motifs (C(OH)–C–C–N with tert-alkyl or cyclic N) is 1. The molecule has 0 radical (unpaired) electrons. The van der Waals surface area contributed by atoms with Gasteiger partial charge >= 0.3 is 0 Å². The van der Waals surface area contributed by atoms with Gasteiger partial charge in [0.05, 0.1) is 6.54 Å². The third kappa shape index (κ3) is 4.72. The highest BCUT2D eigenvalue weighted by Gasteiger charge is 2.48. The molecular formula is C22H33FN2O3. The van der Waals surface area contributed by atoms with E-state index >= 15 is 0 Å². The Morgan fingerprint density at radius 2 is 1.93 bits per heavy atom. The molecule has 1 fully saturated rings. The van der Waals surface area contributed by atoms with Crippen molar-refractivity contribution in [3.05, 3.63) is 35.6 Å². The molecule has 1 aliphatic rings. The topological polar surface area (TPSA) is 83.6 Å². The Kier molecular flexibility index (Phi) is 7.21. The van der Waals surface area contributed by atoms with Gasteiger partial charge in [0.1, 0.15) is 16.8 Å². The standard InChI is InChI=1S/C22H33FN2O3/c1-4-11-21(19(24)26,13-10-16(2)3)20(27)25-14-5-12-22(28,15-25)17-6-8-18(23)9-7-17/h6-9,16,28H,4-5,10-15H2,1-3H3,(H2,24,26)/t21-,22-/m0/s1. The van der Waals surface area contributed by atoms with Crippen molar-refractivity contribution in [3.63, 3.8) is 0 Å². The predicted octanol–water partition coefficient (Wildman–Crippen LogP) is 3.34. The third-order valence-corrected chi connectivity index (χ3v) is 5.85. The van der Waals surface area contributed by atoms with Gasteiger partial charge in [0.25, 0.3) is 0 Å². The van der Waals surface area contributed by atoms with Crippen molar-refractivity contribution in [1.29, 1.82) is 0 Å². The van der Waals surface area contributed by atoms with Crippen LogP contribution < -0.4 is 5.73 Å². The molecule has 1 aliphatic heterocycles. The van der Waals surface area contributed by atoms with Crippen molar-refractivity contribution < 1.29 is 19.1 Å². The Balaban J connectivity index is 2.30. The van der Waals surface area contributed by atoms with E-state index < -0.39 is 16.9 Å². The molecule has 0 aromatic heterocycles. The SMILES string of the molecule is CCC[C@](CCC(C)C)(C(N)=O)C(=O)N1CCC[C@@](O)(c2ccc(F)cc2)C1. The number of carbonyl (C=O) groups is 2. The maximum atomic E-state index is 13.5. The van der Waals surface area contributed by atoms with Gasteiger partial charge in [-0.25, -0.2) is 4.39 Å². The van der Waals surface area contributed by atoms with Gasteiger partial charge in [-0.1, -0.05) is 39.3 Å². The number of benzene rings is 1. The van der Waals surface area contributed by atoms with Crippen molar-refractivity contribution in [2.75, 3.05) is 13.1 Å². The summed E-state index contributed by atoms with van der Waals surface area (Å²) < 4.78 is 13.3. The van der Waals surface area contributed by atoms with E-state index in [-0.39, 0.29) is 18.3 Å². The molecule has 28 heavy (non-hydrogen) atoms. The Morgan fingerprint density at radius 1 is 1.29 bits per heavy atom. The lowest BCUT2D eigenvalue weighted by Gasteiger charge is -2.43. The number of piperidine rings is 1. The summed E-state index contributed by atoms with van der Waals surface area (Å²) in [5.74, 6) is -0.903. The predicted molar refractivity (Wildman–Crippen MR) is 107 cm³/mol. The Labute approximate surface area is 167 Å². The molecule has 2 rings (SSSR count). The van der Waals surface area contributed by atoms with Crippen LogP contribution in [0.3, 0.4) is 0 Å². The second kappa shape index (κ2) is 9.03. The maximum Gasteiger partial charge on any atom is 0.238 e. The molecule has 1 heterocycles. The van der Waals surface area contributed by atoms with E-state index in [1.165, 1.54) is 12.1 Å². The van der Waals surface area contributed by atoms with Crippen molar-refractivity contribution in [2.45, 2.75) is 64.9 Å². The molecule has 0 spiro atoms. The number of hydrogen-bond acceptors (Lipinski definition) is 3. The second-order valence-electron chi connectivity index (χ2n) is 8.50. The molecule has 1 aromatic rings. The van der Waals surface area contributed by atoms with Crippen molar-refractivity contribution in [1.82, 2.24) is 4.90 Å². The van der Waals surface area contributed by atoms with Gasteiger partial charge < -0.3 is 15.7 Å². The fourth-order valence-corrected chi connectivity index (χ4v) is 4.16. The summed E-state index contributed by atoms with van der Waals surface area (Å²) >= 11 is 0. The van der Waals surface area contributed by atoms with E-state index in [0.29, 0.717) is 50.1 Å². The van der Waals surface area contributed by atoms with Crippen LogP contribution in [-0.4, -0.2) is 34.9 Å². The average Bonchev–Trinajstić information content (AvgIpc) is 2.64. The molecule has 1 aromatic carbocycles. The number of halogens is 1. The van der Waals surface area contributed by atoms with Crippen LogP contribution in [0.2, 0.25) is 0 Å². The van der Waals surface area contributed by atoms with Crippen LogP contribution in [0.5, 0.6) is 0 Å². The van der Waals surface area contributed by atoms with Crippen LogP contribution in [0.15, 0.2) is 24.3 Å². The Morgan fingerprint density at radius 3 is 2.46 bits per heavy atom. The van der Waals surface area contributed by atoms with Gasteiger partial charge in [0, 0.05) is 6.54 Å². The minimum absolute atomic E-state index is 0.0812. The summed E-state index contributed by atoms with van der Waals surface area (Å²) in [4.78, 5) is 27.5. The zero-order valence-electron chi connectivity index (χ0n) is 17.2. The number of nitrogens with zero attached hydrogens (tertiary/aromatic N) is 1. The highest BCUT2D eigenvalue weighted by atomic mass is 19.1. The maximum absolute atomic E-state index is 13.5. The fraction of sp³-hybridized carbons (Fsp3) is 0.636. The van der Waals surface area contributed by atoms with E-state index in [1.54, 1.807) is 17.0 Å². The van der Waals surface area contributed by atoms with E-state index in [1.807, 2.05) is 6.92 Å². The molecule has 2 atom stereocenters. The molecule has 1 saturated heterocycles. The van der Waals surface area contributed by atoms with Gasteiger partial charge in [-0.3, -0.25) is 9.59 Å². The molecule has 156 valence electrons. The Bertz CT molecular complexity index is 692. The number of primary amides is 1. The Hall–Kier alpha value is -1.95. The smallest absolute Gasteiger partial charge is 0.238 e. The molecule has 0 saturated carbocycles. The lowest BCUT2D eigenvalue weighted by Crippen LogP contribution is -2.56. The summed E-state index contributed by atoms with van der Waals surface area (Å²) in [6, 6.07) is 5.72. The zero-order chi connectivity index (χ0) is 20.9. The molecule has 6 heteroatoms. The second-order valence-corrected chi connectivity index (χ2v) is 8.50. The number of likely N-dealkylation sites (tertiary alicyclic amines) is 1. The van der Waals surface area contributed by atoms with Crippen LogP contribution in [0, 0.1) is 17.2 Å². The zero-order valence-corrected chi connectivity index (χ0v) is 17.2. The molecular weight excluding hydrogens is 359 g/mol. The number of aliphatic hydroxyl groups is 1. The van der Waals surface area contributed by atoms with E-state index in [0.717, 1.165) is 6.42 Å².